The lowest BCUT2D eigenvalue weighted by atomic mass is 9.92. The first kappa shape index (κ1) is 36.2. The molecule has 272 valence electrons. The van der Waals surface area contributed by atoms with E-state index in [-0.39, 0.29) is 6.61 Å². The number of benzene rings is 8. The zero-order valence-electron chi connectivity index (χ0n) is 32.2. The number of anilines is 3. The van der Waals surface area contributed by atoms with Gasteiger partial charge in [-0.1, -0.05) is 175 Å². The van der Waals surface area contributed by atoms with Crippen LogP contribution in [0.5, 0.6) is 0 Å². The Balaban J connectivity index is 1.27. The summed E-state index contributed by atoms with van der Waals surface area (Å²) in [5.74, 6) is 0. The van der Waals surface area contributed by atoms with Gasteiger partial charge in [0.2, 0.25) is 0 Å². The molecule has 0 unspecified atom stereocenters. The number of rotatable bonds is 10. The Morgan fingerprint density at radius 1 is 0.464 bits per heavy atom. The quantitative estimate of drug-likeness (QED) is 0.142. The van der Waals surface area contributed by atoms with Crippen molar-refractivity contribution in [1.82, 2.24) is 0 Å². The molecule has 0 aromatic heterocycles. The molecule has 0 aliphatic heterocycles. The average molecular weight is 724 g/mol. The monoisotopic (exact) mass is 723 g/mol. The first-order valence-electron chi connectivity index (χ1n) is 19.3. The molecule has 2 nitrogen and oxygen atoms in total. The highest BCUT2D eigenvalue weighted by molar-refractivity contribution is 6.06. The SMILES string of the molecule is Cc1ccc(C(=Cc2ccc(N(c3ccc(C=C(c4ccccc4)c4ccccc4)cc3)c3ccc(CO)cc3C)c3ccccc23)c2ccc(C)cc2)cc1. The topological polar surface area (TPSA) is 23.5 Å². The van der Waals surface area contributed by atoms with Crippen molar-refractivity contribution in [2.45, 2.75) is 27.4 Å². The summed E-state index contributed by atoms with van der Waals surface area (Å²) in [4.78, 5) is 2.36. The molecule has 8 aromatic carbocycles. The summed E-state index contributed by atoms with van der Waals surface area (Å²) in [6, 6.07) is 67.1. The standard InChI is InChI=1S/C54H45NO/c1-38-18-25-45(26-19-38)52(46-27-20-39(2)21-28-46)36-47-29-33-54(50-17-11-10-16-49(47)50)55(53-32-24-42(37-56)34-40(53)3)48-30-22-41(23-31-48)35-51(43-12-6-4-7-13-43)44-14-8-5-9-15-44/h4-36,56H,37H2,1-3H3. The minimum atomic E-state index is 0.00156. The first-order chi connectivity index (χ1) is 27.4. The molecular formula is C54H45NO. The molecule has 0 bridgehead atoms. The van der Waals surface area contributed by atoms with Crippen molar-refractivity contribution in [3.05, 3.63) is 244 Å². The molecule has 0 aliphatic carbocycles. The second-order valence-corrected chi connectivity index (χ2v) is 14.5. The second-order valence-electron chi connectivity index (χ2n) is 14.5. The third kappa shape index (κ3) is 7.75. The summed E-state index contributed by atoms with van der Waals surface area (Å²) in [5, 5.41) is 12.3. The van der Waals surface area contributed by atoms with Crippen molar-refractivity contribution in [2.24, 2.45) is 0 Å². The Bertz CT molecular complexity index is 2560. The Labute approximate surface area is 331 Å². The summed E-state index contributed by atoms with van der Waals surface area (Å²) >= 11 is 0. The van der Waals surface area contributed by atoms with Crippen LogP contribution in [-0.4, -0.2) is 5.11 Å². The van der Waals surface area contributed by atoms with E-state index in [0.29, 0.717) is 0 Å². The fraction of sp³-hybridized carbons (Fsp3) is 0.0741. The molecule has 56 heavy (non-hydrogen) atoms. The zero-order chi connectivity index (χ0) is 38.4. The van der Waals surface area contributed by atoms with Crippen LogP contribution < -0.4 is 4.90 Å². The molecule has 8 rings (SSSR count). The maximum absolute atomic E-state index is 10.0. The average Bonchev–Trinajstić information content (AvgIpc) is 3.25. The number of hydrogen-bond acceptors (Lipinski definition) is 2. The van der Waals surface area contributed by atoms with Crippen LogP contribution in [-0.2, 0) is 6.61 Å². The Morgan fingerprint density at radius 3 is 1.52 bits per heavy atom. The van der Waals surface area contributed by atoms with Crippen LogP contribution in [0.15, 0.2) is 188 Å². The fourth-order valence-corrected chi connectivity index (χ4v) is 7.51. The van der Waals surface area contributed by atoms with Crippen LogP contribution in [0, 0.1) is 20.8 Å². The van der Waals surface area contributed by atoms with Gasteiger partial charge in [0, 0.05) is 16.8 Å². The van der Waals surface area contributed by atoms with Gasteiger partial charge in [-0.05, 0) is 118 Å². The predicted molar refractivity (Wildman–Crippen MR) is 238 cm³/mol. The zero-order valence-corrected chi connectivity index (χ0v) is 32.2. The van der Waals surface area contributed by atoms with E-state index in [1.807, 2.05) is 6.07 Å². The summed E-state index contributed by atoms with van der Waals surface area (Å²) in [7, 11) is 0. The van der Waals surface area contributed by atoms with Gasteiger partial charge in [-0.3, -0.25) is 0 Å². The third-order valence-electron chi connectivity index (χ3n) is 10.5. The van der Waals surface area contributed by atoms with Gasteiger partial charge in [-0.25, -0.2) is 0 Å². The maximum Gasteiger partial charge on any atom is 0.0681 e. The first-order valence-corrected chi connectivity index (χ1v) is 19.3. The van der Waals surface area contributed by atoms with Gasteiger partial charge in [0.15, 0.2) is 0 Å². The molecule has 0 saturated carbocycles. The molecule has 1 N–H and O–H groups in total. The van der Waals surface area contributed by atoms with Crippen LogP contribution in [0.2, 0.25) is 0 Å². The largest absolute Gasteiger partial charge is 0.392 e. The number of aliphatic hydroxyl groups is 1. The Kier molecular flexibility index (Phi) is 10.6. The second kappa shape index (κ2) is 16.3. The number of aryl methyl sites for hydroxylation is 3. The molecule has 0 fully saturated rings. The molecule has 0 saturated heterocycles. The van der Waals surface area contributed by atoms with Crippen molar-refractivity contribution in [3.63, 3.8) is 0 Å². The van der Waals surface area contributed by atoms with Gasteiger partial charge in [-0.15, -0.1) is 0 Å². The molecule has 0 radical (unpaired) electrons. The van der Waals surface area contributed by atoms with Crippen molar-refractivity contribution < 1.29 is 5.11 Å². The lowest BCUT2D eigenvalue weighted by Crippen LogP contribution is -2.12. The Hall–Kier alpha value is -6.74. The van der Waals surface area contributed by atoms with Gasteiger partial charge in [-0.2, -0.15) is 0 Å². The molecule has 0 spiro atoms. The van der Waals surface area contributed by atoms with Crippen LogP contribution in [0.25, 0.3) is 34.1 Å². The normalized spacial score (nSPS) is 10.9. The summed E-state index contributed by atoms with van der Waals surface area (Å²) in [5.41, 5.74) is 17.0. The molecule has 0 atom stereocenters. The van der Waals surface area contributed by atoms with E-state index < -0.39 is 0 Å². The third-order valence-corrected chi connectivity index (χ3v) is 10.5. The van der Waals surface area contributed by atoms with E-state index in [4.69, 9.17) is 0 Å². The highest BCUT2D eigenvalue weighted by Crippen LogP contribution is 2.42. The van der Waals surface area contributed by atoms with E-state index in [9.17, 15) is 5.11 Å². The highest BCUT2D eigenvalue weighted by atomic mass is 16.3. The molecule has 0 heterocycles. The van der Waals surface area contributed by atoms with E-state index >= 15 is 0 Å². The number of fused-ring (bicyclic) bond motifs is 1. The molecule has 0 amide bonds. The number of aliphatic hydroxyl groups excluding tert-OH is 1. The number of nitrogens with zero attached hydrogens (tertiary/aromatic N) is 1. The lowest BCUT2D eigenvalue weighted by Gasteiger charge is -2.29. The molecule has 2 heteroatoms. The highest BCUT2D eigenvalue weighted by Gasteiger charge is 2.19. The van der Waals surface area contributed by atoms with E-state index in [1.54, 1.807) is 0 Å². The van der Waals surface area contributed by atoms with Gasteiger partial charge >= 0.3 is 0 Å². The molecule has 0 aliphatic rings. The van der Waals surface area contributed by atoms with Crippen LogP contribution in [0.4, 0.5) is 17.1 Å². The Morgan fingerprint density at radius 2 is 0.964 bits per heavy atom. The lowest BCUT2D eigenvalue weighted by molar-refractivity contribution is 0.282. The van der Waals surface area contributed by atoms with E-state index in [2.05, 4.69) is 220 Å². The molecular weight excluding hydrogens is 679 g/mol. The minimum absolute atomic E-state index is 0.00156. The molecule has 8 aromatic rings. The number of hydrogen-bond donors (Lipinski definition) is 1. The fourth-order valence-electron chi connectivity index (χ4n) is 7.51. The smallest absolute Gasteiger partial charge is 0.0681 e. The van der Waals surface area contributed by atoms with E-state index in [0.717, 1.165) is 44.7 Å². The van der Waals surface area contributed by atoms with Gasteiger partial charge in [0.1, 0.15) is 0 Å². The summed E-state index contributed by atoms with van der Waals surface area (Å²) in [6.45, 7) is 6.39. The van der Waals surface area contributed by atoms with Gasteiger partial charge in [0.05, 0.1) is 12.3 Å². The van der Waals surface area contributed by atoms with Crippen molar-refractivity contribution in [2.75, 3.05) is 4.90 Å². The van der Waals surface area contributed by atoms with Crippen LogP contribution in [0.1, 0.15) is 55.6 Å². The van der Waals surface area contributed by atoms with Gasteiger partial charge in [0.25, 0.3) is 0 Å². The minimum Gasteiger partial charge on any atom is -0.392 e. The van der Waals surface area contributed by atoms with Gasteiger partial charge < -0.3 is 10.0 Å². The van der Waals surface area contributed by atoms with E-state index in [1.165, 1.54) is 49.9 Å². The van der Waals surface area contributed by atoms with Crippen molar-refractivity contribution in [3.8, 4) is 0 Å². The summed E-state index contributed by atoms with van der Waals surface area (Å²) in [6.07, 6.45) is 4.61. The van der Waals surface area contributed by atoms with Crippen LogP contribution in [0.3, 0.4) is 0 Å². The van der Waals surface area contributed by atoms with Crippen LogP contribution >= 0.6 is 0 Å². The van der Waals surface area contributed by atoms with Crippen molar-refractivity contribution in [1.29, 1.82) is 0 Å². The van der Waals surface area contributed by atoms with Crippen molar-refractivity contribution >= 4 is 51.1 Å². The maximum atomic E-state index is 10.0. The predicted octanol–water partition coefficient (Wildman–Crippen LogP) is 13.9. The summed E-state index contributed by atoms with van der Waals surface area (Å²) < 4.78 is 0.